The molecule has 1 nitrogen and oxygen atoms in total. The summed E-state index contributed by atoms with van der Waals surface area (Å²) in [6, 6.07) is 8.46. The summed E-state index contributed by atoms with van der Waals surface area (Å²) < 4.78 is 0. The molecule has 2 aromatic heterocycles. The highest BCUT2D eigenvalue weighted by atomic mass is 32.1. The highest BCUT2D eigenvalue weighted by Crippen LogP contribution is 2.22. The summed E-state index contributed by atoms with van der Waals surface area (Å²) in [5.74, 6) is 0.694. The van der Waals surface area contributed by atoms with Crippen LogP contribution in [0.5, 0.6) is 0 Å². The van der Waals surface area contributed by atoms with Crippen LogP contribution in [-0.4, -0.2) is 4.98 Å². The molecular weight excluding hydrogens is 202 g/mol. The van der Waals surface area contributed by atoms with Crippen LogP contribution in [0.25, 0.3) is 10.6 Å². The summed E-state index contributed by atoms with van der Waals surface area (Å²) in [6.07, 6.45) is 3.10. The third-order valence-corrected chi connectivity index (χ3v) is 3.13. The normalized spacial score (nSPS) is 10.9. The molecule has 0 saturated heterocycles. The van der Waals surface area contributed by atoms with E-state index < -0.39 is 0 Å². The lowest BCUT2D eigenvalue weighted by molar-refractivity contribution is 0.646. The lowest BCUT2D eigenvalue weighted by Crippen LogP contribution is -1.94. The summed E-state index contributed by atoms with van der Waals surface area (Å²) in [5.41, 5.74) is 2.41. The monoisotopic (exact) mass is 217 g/mol. The van der Waals surface area contributed by atoms with Gasteiger partial charge in [0.05, 0.1) is 10.6 Å². The maximum Gasteiger partial charge on any atom is 0.0801 e. The first-order valence-electron chi connectivity index (χ1n) is 5.24. The Hall–Kier alpha value is -1.15. The van der Waals surface area contributed by atoms with Gasteiger partial charge in [0.2, 0.25) is 0 Å². The number of rotatable bonds is 3. The Morgan fingerprint density at radius 3 is 2.67 bits per heavy atom. The molecule has 2 rings (SSSR count). The summed E-state index contributed by atoms with van der Waals surface area (Å²) in [6.45, 7) is 4.46. The van der Waals surface area contributed by atoms with Gasteiger partial charge in [-0.25, -0.2) is 0 Å². The van der Waals surface area contributed by atoms with Gasteiger partial charge in [-0.2, -0.15) is 0 Å². The minimum Gasteiger partial charge on any atom is -0.255 e. The number of nitrogens with zero attached hydrogens (tertiary/aromatic N) is 1. The van der Waals surface area contributed by atoms with Gasteiger partial charge in [0.1, 0.15) is 0 Å². The van der Waals surface area contributed by atoms with Gasteiger partial charge in [-0.15, -0.1) is 11.3 Å². The molecule has 0 aliphatic carbocycles. The van der Waals surface area contributed by atoms with E-state index in [0.29, 0.717) is 5.92 Å². The average Bonchev–Trinajstić information content (AvgIpc) is 2.71. The van der Waals surface area contributed by atoms with E-state index in [9.17, 15) is 0 Å². The van der Waals surface area contributed by atoms with Crippen molar-refractivity contribution in [3.05, 3.63) is 41.4 Å². The zero-order valence-electron chi connectivity index (χ0n) is 9.10. The quantitative estimate of drug-likeness (QED) is 0.757. The fourth-order valence-corrected chi connectivity index (χ4v) is 2.29. The van der Waals surface area contributed by atoms with Crippen molar-refractivity contribution in [2.45, 2.75) is 20.3 Å². The fourth-order valence-electron chi connectivity index (χ4n) is 1.59. The number of hydrogen-bond donors (Lipinski definition) is 0. The van der Waals surface area contributed by atoms with Crippen molar-refractivity contribution in [3.63, 3.8) is 0 Å². The average molecular weight is 217 g/mol. The third kappa shape index (κ3) is 2.66. The van der Waals surface area contributed by atoms with Crippen molar-refractivity contribution < 1.29 is 0 Å². The molecule has 0 amide bonds. The smallest absolute Gasteiger partial charge is 0.0801 e. The molecule has 0 N–H and O–H groups in total. The Morgan fingerprint density at radius 1 is 1.27 bits per heavy atom. The molecule has 78 valence electrons. The minimum absolute atomic E-state index is 0.694. The molecule has 0 atom stereocenters. The van der Waals surface area contributed by atoms with Gasteiger partial charge in [0.25, 0.3) is 0 Å². The largest absolute Gasteiger partial charge is 0.255 e. The van der Waals surface area contributed by atoms with E-state index in [2.05, 4.69) is 48.5 Å². The van der Waals surface area contributed by atoms with Crippen LogP contribution in [0.15, 0.2) is 35.8 Å². The van der Waals surface area contributed by atoms with Crippen molar-refractivity contribution in [2.24, 2.45) is 5.92 Å². The van der Waals surface area contributed by atoms with Crippen LogP contribution < -0.4 is 0 Å². The van der Waals surface area contributed by atoms with Crippen molar-refractivity contribution in [1.82, 2.24) is 4.98 Å². The number of hydrogen-bond acceptors (Lipinski definition) is 2. The molecule has 0 unspecified atom stereocenters. The Kier molecular flexibility index (Phi) is 3.17. The van der Waals surface area contributed by atoms with Crippen LogP contribution >= 0.6 is 11.3 Å². The molecule has 0 aromatic carbocycles. The van der Waals surface area contributed by atoms with E-state index in [0.717, 1.165) is 12.1 Å². The lowest BCUT2D eigenvalue weighted by Gasteiger charge is -2.04. The standard InChI is InChI=1S/C13H15NS/c1-10(2)8-11-5-6-12(14-9-11)13-4-3-7-15-13/h3-7,9-10H,8H2,1-2H3. The Balaban J connectivity index is 2.17. The molecule has 2 heterocycles. The van der Waals surface area contributed by atoms with Crippen LogP contribution in [-0.2, 0) is 6.42 Å². The zero-order valence-corrected chi connectivity index (χ0v) is 9.92. The van der Waals surface area contributed by atoms with Gasteiger partial charge in [-0.3, -0.25) is 4.98 Å². The maximum absolute atomic E-state index is 4.48. The predicted octanol–water partition coefficient (Wildman–Crippen LogP) is 4.01. The van der Waals surface area contributed by atoms with Crippen LogP contribution in [0.3, 0.4) is 0 Å². The van der Waals surface area contributed by atoms with E-state index in [1.807, 2.05) is 6.20 Å². The number of pyridine rings is 1. The second-order valence-electron chi connectivity index (χ2n) is 4.13. The zero-order chi connectivity index (χ0) is 10.7. The highest BCUT2D eigenvalue weighted by molar-refractivity contribution is 7.13. The second-order valence-corrected chi connectivity index (χ2v) is 5.07. The minimum atomic E-state index is 0.694. The number of thiophene rings is 1. The summed E-state index contributed by atoms with van der Waals surface area (Å²) in [5, 5.41) is 2.08. The molecule has 2 heteroatoms. The lowest BCUT2D eigenvalue weighted by atomic mass is 10.0. The Bertz CT molecular complexity index is 401. The van der Waals surface area contributed by atoms with Crippen LogP contribution in [0.1, 0.15) is 19.4 Å². The molecular formula is C13H15NS. The van der Waals surface area contributed by atoms with E-state index in [-0.39, 0.29) is 0 Å². The summed E-state index contributed by atoms with van der Waals surface area (Å²) >= 11 is 1.73. The fraction of sp³-hybridized carbons (Fsp3) is 0.308. The van der Waals surface area contributed by atoms with Gasteiger partial charge in [0, 0.05) is 6.20 Å². The molecule has 0 aliphatic heterocycles. The van der Waals surface area contributed by atoms with Gasteiger partial charge in [-0.1, -0.05) is 26.0 Å². The third-order valence-electron chi connectivity index (χ3n) is 2.24. The van der Waals surface area contributed by atoms with Crippen LogP contribution in [0.2, 0.25) is 0 Å². The van der Waals surface area contributed by atoms with Crippen molar-refractivity contribution in [1.29, 1.82) is 0 Å². The first-order valence-corrected chi connectivity index (χ1v) is 6.12. The van der Waals surface area contributed by atoms with Gasteiger partial charge >= 0.3 is 0 Å². The van der Waals surface area contributed by atoms with Crippen molar-refractivity contribution in [2.75, 3.05) is 0 Å². The molecule has 0 spiro atoms. The molecule has 0 radical (unpaired) electrons. The second kappa shape index (κ2) is 4.58. The van der Waals surface area contributed by atoms with Crippen molar-refractivity contribution >= 4 is 11.3 Å². The first-order chi connectivity index (χ1) is 7.25. The molecule has 0 fully saturated rings. The molecule has 0 saturated carbocycles. The Labute approximate surface area is 94.8 Å². The van der Waals surface area contributed by atoms with E-state index >= 15 is 0 Å². The maximum atomic E-state index is 4.48. The summed E-state index contributed by atoms with van der Waals surface area (Å²) in [4.78, 5) is 5.73. The topological polar surface area (TPSA) is 12.9 Å². The van der Waals surface area contributed by atoms with Crippen LogP contribution in [0.4, 0.5) is 0 Å². The van der Waals surface area contributed by atoms with Crippen molar-refractivity contribution in [3.8, 4) is 10.6 Å². The van der Waals surface area contributed by atoms with E-state index in [1.165, 1.54) is 10.4 Å². The molecule has 15 heavy (non-hydrogen) atoms. The van der Waals surface area contributed by atoms with E-state index in [4.69, 9.17) is 0 Å². The molecule has 0 bridgehead atoms. The first kappa shape index (κ1) is 10.4. The van der Waals surface area contributed by atoms with Crippen LogP contribution in [0, 0.1) is 5.92 Å². The SMILES string of the molecule is CC(C)Cc1ccc(-c2cccs2)nc1. The van der Waals surface area contributed by atoms with Gasteiger partial charge in [0.15, 0.2) is 0 Å². The van der Waals surface area contributed by atoms with Gasteiger partial charge < -0.3 is 0 Å². The predicted molar refractivity (Wildman–Crippen MR) is 66.1 cm³/mol. The molecule has 2 aromatic rings. The van der Waals surface area contributed by atoms with Gasteiger partial charge in [-0.05, 0) is 35.4 Å². The number of aromatic nitrogens is 1. The van der Waals surface area contributed by atoms with E-state index in [1.54, 1.807) is 11.3 Å². The highest BCUT2D eigenvalue weighted by Gasteiger charge is 2.01. The molecule has 0 aliphatic rings. The Morgan fingerprint density at radius 2 is 2.13 bits per heavy atom. The summed E-state index contributed by atoms with van der Waals surface area (Å²) in [7, 11) is 0.